The van der Waals surface area contributed by atoms with E-state index < -0.39 is 22.6 Å². The van der Waals surface area contributed by atoms with Crippen LogP contribution in [0.5, 0.6) is 0 Å². The molecule has 1 N–H and O–H groups in total. The van der Waals surface area contributed by atoms with Gasteiger partial charge in [0.15, 0.2) is 16.6 Å². The van der Waals surface area contributed by atoms with E-state index in [1.807, 2.05) is 32.1 Å². The van der Waals surface area contributed by atoms with Crippen molar-refractivity contribution in [1.82, 2.24) is 0 Å². The second kappa shape index (κ2) is 14.8. The Morgan fingerprint density at radius 3 is 1.76 bits per heavy atom. The Kier molecular flexibility index (Phi) is 14.2. The summed E-state index contributed by atoms with van der Waals surface area (Å²) in [6, 6.07) is 0. The fourth-order valence-electron chi connectivity index (χ4n) is 3.54. The number of carbonyl (C=O) groups is 1. The summed E-state index contributed by atoms with van der Waals surface area (Å²) in [6.07, 6.45) is 14.4. The smallest absolute Gasteiger partial charge is 0.328 e. The van der Waals surface area contributed by atoms with Gasteiger partial charge in [0.05, 0.1) is 6.10 Å². The lowest BCUT2D eigenvalue weighted by Gasteiger charge is -2.42. The van der Waals surface area contributed by atoms with Crippen LogP contribution in [-0.2, 0) is 13.6 Å². The summed E-state index contributed by atoms with van der Waals surface area (Å²) in [4.78, 5) is 10.7. The molecule has 0 rings (SSSR count). The molecule has 0 aromatic rings. The Bertz CT molecular complexity index is 922. The van der Waals surface area contributed by atoms with E-state index in [1.165, 1.54) is 0 Å². The van der Waals surface area contributed by atoms with Crippen LogP contribution in [0.4, 0.5) is 0 Å². The molecule has 0 fully saturated rings. The largest absolute Gasteiger partial charge is 0.478 e. The normalized spacial score (nSPS) is 17.8. The molecule has 218 valence electrons. The zero-order chi connectivity index (χ0) is 30.1. The maximum absolute atomic E-state index is 10.7. The maximum atomic E-state index is 10.7. The third kappa shape index (κ3) is 13.5. The van der Waals surface area contributed by atoms with Crippen molar-refractivity contribution >= 4 is 22.6 Å². The van der Waals surface area contributed by atoms with Crippen molar-refractivity contribution in [2.75, 3.05) is 0 Å². The number of rotatable bonds is 13. The van der Waals surface area contributed by atoms with E-state index in [2.05, 4.69) is 101 Å². The summed E-state index contributed by atoms with van der Waals surface area (Å²) >= 11 is 0. The van der Waals surface area contributed by atoms with Gasteiger partial charge in [-0.2, -0.15) is 0 Å². The SMILES string of the molecule is CC(=C\C=C\C(C)=C\[C@H](O[Si](C)(C)C(C)(C)C)[C@@H](C)C[C@@H](C)O[Si](C)(C)C(C)(C)C)/C=C(C)/C=C/C(=O)O. The van der Waals surface area contributed by atoms with E-state index in [9.17, 15) is 4.79 Å². The van der Waals surface area contributed by atoms with Crippen LogP contribution in [0.3, 0.4) is 0 Å². The molecule has 0 saturated carbocycles. The van der Waals surface area contributed by atoms with Gasteiger partial charge in [-0.05, 0) is 76.3 Å². The van der Waals surface area contributed by atoms with Crippen molar-refractivity contribution in [2.45, 2.75) is 131 Å². The number of carboxylic acid groups (broad SMARTS) is 1. The van der Waals surface area contributed by atoms with Crippen molar-refractivity contribution in [3.05, 3.63) is 59.3 Å². The minimum absolute atomic E-state index is 0.0133. The quantitative estimate of drug-likeness (QED) is 0.138. The van der Waals surface area contributed by atoms with Gasteiger partial charge in [-0.15, -0.1) is 0 Å². The second-order valence-electron chi connectivity index (χ2n) is 14.0. The Balaban J connectivity index is 5.85. The van der Waals surface area contributed by atoms with Crippen LogP contribution < -0.4 is 0 Å². The van der Waals surface area contributed by atoms with Gasteiger partial charge in [0.1, 0.15) is 0 Å². The van der Waals surface area contributed by atoms with Gasteiger partial charge in [0.25, 0.3) is 0 Å². The average Bonchev–Trinajstić information content (AvgIpc) is 2.69. The third-order valence-corrected chi connectivity index (χ3v) is 17.0. The third-order valence-electron chi connectivity index (χ3n) is 7.89. The van der Waals surface area contributed by atoms with Crippen LogP contribution in [0.1, 0.15) is 82.6 Å². The topological polar surface area (TPSA) is 55.8 Å². The Labute approximate surface area is 237 Å². The first-order valence-electron chi connectivity index (χ1n) is 14.0. The molecule has 6 heteroatoms. The highest BCUT2D eigenvalue weighted by molar-refractivity contribution is 6.74. The summed E-state index contributed by atoms with van der Waals surface area (Å²) in [5.74, 6) is -0.624. The summed E-state index contributed by atoms with van der Waals surface area (Å²) in [6.45, 7) is 33.5. The standard InChI is InChI=1S/C32H58O4Si2/c1-24(21-26(3)19-20-30(33)34)17-16-18-25(2)22-29(36-38(14,15)32(9,10)11)27(4)23-28(5)35-37(12,13)31(6,7)8/h16-22,27-29H,23H2,1-15H3,(H,33,34)/b18-16+,20-19+,24-17+,25-22+,26-21+/t27-,28+,29-/m0/s1. The lowest BCUT2D eigenvalue weighted by Crippen LogP contribution is -2.46. The Morgan fingerprint density at radius 2 is 1.29 bits per heavy atom. The Morgan fingerprint density at radius 1 is 0.789 bits per heavy atom. The number of carboxylic acids is 1. The molecule has 0 spiro atoms. The zero-order valence-electron chi connectivity index (χ0n) is 27.2. The van der Waals surface area contributed by atoms with Gasteiger partial charge < -0.3 is 14.0 Å². The zero-order valence-corrected chi connectivity index (χ0v) is 29.2. The summed E-state index contributed by atoms with van der Waals surface area (Å²) in [5, 5.41) is 9.11. The van der Waals surface area contributed by atoms with Crippen molar-refractivity contribution in [3.63, 3.8) is 0 Å². The fourth-order valence-corrected chi connectivity index (χ4v) is 6.33. The number of hydrogen-bond acceptors (Lipinski definition) is 3. The molecule has 38 heavy (non-hydrogen) atoms. The Hall–Kier alpha value is -1.48. The minimum Gasteiger partial charge on any atom is -0.478 e. The van der Waals surface area contributed by atoms with Gasteiger partial charge in [-0.25, -0.2) is 4.79 Å². The summed E-state index contributed by atoms with van der Waals surface area (Å²) < 4.78 is 13.7. The first-order chi connectivity index (χ1) is 17.0. The molecule has 4 nitrogen and oxygen atoms in total. The van der Waals surface area contributed by atoms with E-state index in [0.717, 1.165) is 29.2 Å². The first-order valence-corrected chi connectivity index (χ1v) is 19.8. The fraction of sp³-hybridized carbons (Fsp3) is 0.656. The molecule has 0 aliphatic carbocycles. The van der Waals surface area contributed by atoms with E-state index >= 15 is 0 Å². The second-order valence-corrected chi connectivity index (χ2v) is 23.5. The molecule has 0 aliphatic rings. The van der Waals surface area contributed by atoms with Crippen molar-refractivity contribution < 1.29 is 18.8 Å². The molecule has 3 atom stereocenters. The summed E-state index contributed by atoms with van der Waals surface area (Å²) in [5.41, 5.74) is 3.11. The number of allylic oxidation sites excluding steroid dienone is 8. The van der Waals surface area contributed by atoms with Crippen LogP contribution >= 0.6 is 0 Å². The van der Waals surface area contributed by atoms with E-state index in [-0.39, 0.29) is 22.3 Å². The van der Waals surface area contributed by atoms with Crippen LogP contribution in [0.25, 0.3) is 0 Å². The first kappa shape index (κ1) is 36.5. The van der Waals surface area contributed by atoms with Gasteiger partial charge in [-0.3, -0.25) is 0 Å². The molecule has 0 unspecified atom stereocenters. The number of hydrogen-bond donors (Lipinski definition) is 1. The maximum Gasteiger partial charge on any atom is 0.328 e. The molecular formula is C32H58O4Si2. The van der Waals surface area contributed by atoms with Crippen LogP contribution in [0.15, 0.2) is 59.3 Å². The summed E-state index contributed by atoms with van der Waals surface area (Å²) in [7, 11) is -3.81. The molecule has 0 aromatic heterocycles. The van der Waals surface area contributed by atoms with E-state index in [1.54, 1.807) is 6.08 Å². The molecule has 0 aliphatic heterocycles. The highest BCUT2D eigenvalue weighted by Crippen LogP contribution is 2.40. The van der Waals surface area contributed by atoms with Crippen LogP contribution in [-0.4, -0.2) is 39.9 Å². The van der Waals surface area contributed by atoms with Gasteiger partial charge in [0.2, 0.25) is 0 Å². The van der Waals surface area contributed by atoms with Gasteiger partial charge in [-0.1, -0.05) is 102 Å². The molecule has 0 saturated heterocycles. The van der Waals surface area contributed by atoms with Gasteiger partial charge >= 0.3 is 5.97 Å². The highest BCUT2D eigenvalue weighted by atomic mass is 28.4. The number of aliphatic carboxylic acids is 1. The predicted molar refractivity (Wildman–Crippen MR) is 171 cm³/mol. The minimum atomic E-state index is -1.98. The molecule has 0 aromatic carbocycles. The lowest BCUT2D eigenvalue weighted by molar-refractivity contribution is -0.131. The molecular weight excluding hydrogens is 505 g/mol. The predicted octanol–water partition coefficient (Wildman–Crippen LogP) is 9.85. The molecule has 0 bridgehead atoms. The van der Waals surface area contributed by atoms with Crippen molar-refractivity contribution in [2.24, 2.45) is 5.92 Å². The molecule has 0 radical (unpaired) electrons. The highest BCUT2D eigenvalue weighted by Gasteiger charge is 2.41. The van der Waals surface area contributed by atoms with E-state index in [0.29, 0.717) is 5.92 Å². The molecule has 0 heterocycles. The average molecular weight is 563 g/mol. The molecule has 0 amide bonds. The van der Waals surface area contributed by atoms with Gasteiger partial charge in [0, 0.05) is 12.2 Å². The van der Waals surface area contributed by atoms with Crippen LogP contribution in [0, 0.1) is 5.92 Å². The lowest BCUT2D eigenvalue weighted by atomic mass is 9.96. The van der Waals surface area contributed by atoms with E-state index in [4.69, 9.17) is 14.0 Å². The van der Waals surface area contributed by atoms with Crippen molar-refractivity contribution in [3.8, 4) is 0 Å². The van der Waals surface area contributed by atoms with Crippen LogP contribution in [0.2, 0.25) is 36.3 Å². The van der Waals surface area contributed by atoms with Crippen molar-refractivity contribution in [1.29, 1.82) is 0 Å². The monoisotopic (exact) mass is 562 g/mol.